The van der Waals surface area contributed by atoms with Crippen LogP contribution in [0.15, 0.2) is 61.6 Å². The molecule has 2 heterocycles. The minimum atomic E-state index is -3.85. The molecule has 0 atom stereocenters. The van der Waals surface area contributed by atoms with Crippen LogP contribution in [-0.4, -0.2) is 23.4 Å². The number of thiophene rings is 2. The molecule has 27 heavy (non-hydrogen) atoms. The third-order valence-electron chi connectivity index (χ3n) is 3.31. The maximum atomic E-state index is 12.6. The van der Waals surface area contributed by atoms with Crippen LogP contribution >= 0.6 is 22.7 Å². The van der Waals surface area contributed by atoms with Gasteiger partial charge in [0.05, 0.1) is 18.0 Å². The van der Waals surface area contributed by atoms with E-state index in [0.29, 0.717) is 12.4 Å². The normalized spacial score (nSPS) is 11.9. The van der Waals surface area contributed by atoms with E-state index < -0.39 is 20.0 Å². The van der Waals surface area contributed by atoms with Crippen LogP contribution in [0.2, 0.25) is 0 Å². The molecule has 7 nitrogen and oxygen atoms in total. The van der Waals surface area contributed by atoms with Crippen LogP contribution in [0.3, 0.4) is 0 Å². The highest BCUT2D eigenvalue weighted by molar-refractivity contribution is 7.95. The predicted molar refractivity (Wildman–Crippen MR) is 108 cm³/mol. The molecule has 3 rings (SSSR count). The SMILES string of the molecule is CCOc1ccc(NS(=O)(=O)c2cccs2)c(NS(=O)(=O)c2cccs2)c1. The Morgan fingerprint density at radius 2 is 1.41 bits per heavy atom. The Morgan fingerprint density at radius 3 is 1.89 bits per heavy atom. The molecule has 0 fully saturated rings. The first-order valence-corrected chi connectivity index (χ1v) is 12.4. The summed E-state index contributed by atoms with van der Waals surface area (Å²) in [5, 5.41) is 3.29. The number of hydrogen-bond acceptors (Lipinski definition) is 7. The molecule has 0 spiro atoms. The van der Waals surface area contributed by atoms with Crippen LogP contribution in [0.4, 0.5) is 11.4 Å². The molecular weight excluding hydrogens is 428 g/mol. The van der Waals surface area contributed by atoms with Crippen LogP contribution in [-0.2, 0) is 20.0 Å². The molecular formula is C16H16N2O5S4. The van der Waals surface area contributed by atoms with E-state index >= 15 is 0 Å². The molecule has 0 amide bonds. The summed E-state index contributed by atoms with van der Waals surface area (Å²) in [7, 11) is -7.68. The number of sulfonamides is 2. The first-order chi connectivity index (χ1) is 12.8. The van der Waals surface area contributed by atoms with Gasteiger partial charge in [-0.15, -0.1) is 22.7 Å². The van der Waals surface area contributed by atoms with Gasteiger partial charge in [-0.2, -0.15) is 0 Å². The average molecular weight is 445 g/mol. The molecule has 2 N–H and O–H groups in total. The fourth-order valence-electron chi connectivity index (χ4n) is 2.18. The summed E-state index contributed by atoms with van der Waals surface area (Å²) >= 11 is 2.13. The van der Waals surface area contributed by atoms with Crippen molar-refractivity contribution < 1.29 is 21.6 Å². The van der Waals surface area contributed by atoms with Gasteiger partial charge in [0.2, 0.25) is 0 Å². The van der Waals surface area contributed by atoms with Gasteiger partial charge >= 0.3 is 0 Å². The third kappa shape index (κ3) is 4.61. The molecule has 0 aliphatic carbocycles. The lowest BCUT2D eigenvalue weighted by molar-refractivity contribution is 0.340. The Labute approximate surface area is 165 Å². The first-order valence-electron chi connectivity index (χ1n) is 7.71. The van der Waals surface area contributed by atoms with Gasteiger partial charge in [0.15, 0.2) is 0 Å². The Balaban J connectivity index is 1.99. The van der Waals surface area contributed by atoms with Gasteiger partial charge in [0, 0.05) is 6.07 Å². The van der Waals surface area contributed by atoms with Gasteiger partial charge in [-0.3, -0.25) is 9.44 Å². The monoisotopic (exact) mass is 444 g/mol. The Bertz CT molecular complexity index is 1110. The topological polar surface area (TPSA) is 102 Å². The van der Waals surface area contributed by atoms with Crippen LogP contribution in [0, 0.1) is 0 Å². The minimum Gasteiger partial charge on any atom is -0.494 e. The zero-order chi connectivity index (χ0) is 19.5. The molecule has 0 unspecified atom stereocenters. The van der Waals surface area contributed by atoms with Gasteiger partial charge in [0.1, 0.15) is 14.2 Å². The maximum absolute atomic E-state index is 12.6. The molecule has 0 saturated carbocycles. The number of benzene rings is 1. The lowest BCUT2D eigenvalue weighted by Crippen LogP contribution is -2.16. The van der Waals surface area contributed by atoms with Crippen molar-refractivity contribution in [3.63, 3.8) is 0 Å². The minimum absolute atomic E-state index is 0.0782. The second-order valence-corrected chi connectivity index (χ2v) is 10.9. The standard InChI is InChI=1S/C16H16N2O5S4/c1-2-23-12-7-8-13(17-26(19,20)15-5-3-9-24-15)14(11-12)18-27(21,22)16-6-4-10-25-16/h3-11,17-18H,2H2,1H3. The smallest absolute Gasteiger partial charge is 0.271 e. The highest BCUT2D eigenvalue weighted by atomic mass is 32.3. The zero-order valence-corrected chi connectivity index (χ0v) is 17.3. The first kappa shape index (κ1) is 19.7. The van der Waals surface area contributed by atoms with Crippen molar-refractivity contribution in [2.24, 2.45) is 0 Å². The molecule has 0 aliphatic heterocycles. The van der Waals surface area contributed by atoms with Crippen LogP contribution in [0.1, 0.15) is 6.92 Å². The number of nitrogens with one attached hydrogen (secondary N) is 2. The number of rotatable bonds is 8. The lowest BCUT2D eigenvalue weighted by Gasteiger charge is -2.15. The summed E-state index contributed by atoms with van der Waals surface area (Å²) in [6.45, 7) is 2.18. The van der Waals surface area contributed by atoms with Gasteiger partial charge < -0.3 is 4.74 Å². The molecule has 0 saturated heterocycles. The summed E-state index contributed by atoms with van der Waals surface area (Å²) in [5.41, 5.74) is 0.182. The van der Waals surface area contributed by atoms with Gasteiger partial charge in [-0.1, -0.05) is 12.1 Å². The van der Waals surface area contributed by atoms with Crippen molar-refractivity contribution in [1.29, 1.82) is 0 Å². The fourth-order valence-corrected chi connectivity index (χ4v) is 6.31. The molecule has 11 heteroatoms. The van der Waals surface area contributed by atoms with E-state index in [-0.39, 0.29) is 19.8 Å². The quantitative estimate of drug-likeness (QED) is 0.550. The lowest BCUT2D eigenvalue weighted by atomic mass is 10.2. The Kier molecular flexibility index (Phi) is 5.75. The predicted octanol–water partition coefficient (Wildman–Crippen LogP) is 3.81. The maximum Gasteiger partial charge on any atom is 0.271 e. The Hall–Kier alpha value is -2.08. The van der Waals surface area contributed by atoms with Gasteiger partial charge in [0.25, 0.3) is 20.0 Å². The zero-order valence-electron chi connectivity index (χ0n) is 14.1. The van der Waals surface area contributed by atoms with Crippen LogP contribution in [0.25, 0.3) is 0 Å². The molecule has 2 aromatic heterocycles. The van der Waals surface area contributed by atoms with Crippen molar-refractivity contribution >= 4 is 54.1 Å². The Morgan fingerprint density at radius 1 is 0.852 bits per heavy atom. The third-order valence-corrected chi connectivity index (χ3v) is 8.84. The molecule has 144 valence electrons. The number of hydrogen-bond donors (Lipinski definition) is 2. The second-order valence-electron chi connectivity index (χ2n) is 5.22. The second kappa shape index (κ2) is 7.89. The van der Waals surface area contributed by atoms with E-state index in [9.17, 15) is 16.8 Å². The highest BCUT2D eigenvalue weighted by Gasteiger charge is 2.21. The summed E-state index contributed by atoms with van der Waals surface area (Å²) in [4.78, 5) is 0. The largest absolute Gasteiger partial charge is 0.494 e. The molecule has 1 aromatic carbocycles. The van der Waals surface area contributed by atoms with E-state index in [0.717, 1.165) is 22.7 Å². The van der Waals surface area contributed by atoms with Crippen molar-refractivity contribution in [1.82, 2.24) is 0 Å². The molecule has 0 bridgehead atoms. The summed E-state index contributed by atoms with van der Waals surface area (Å²) in [5.74, 6) is 0.417. The molecule has 3 aromatic rings. The molecule has 0 aliphatic rings. The van der Waals surface area contributed by atoms with Gasteiger partial charge in [-0.25, -0.2) is 16.8 Å². The van der Waals surface area contributed by atoms with E-state index in [2.05, 4.69) is 9.44 Å². The average Bonchev–Trinajstić information content (AvgIpc) is 3.31. The van der Waals surface area contributed by atoms with Crippen LogP contribution in [0.5, 0.6) is 5.75 Å². The molecule has 0 radical (unpaired) electrons. The number of anilines is 2. The van der Waals surface area contributed by atoms with Crippen LogP contribution < -0.4 is 14.2 Å². The summed E-state index contributed by atoms with van der Waals surface area (Å²) in [6, 6.07) is 10.7. The van der Waals surface area contributed by atoms with E-state index in [4.69, 9.17) is 4.74 Å². The summed E-state index contributed by atoms with van der Waals surface area (Å²) in [6.07, 6.45) is 0. The highest BCUT2D eigenvalue weighted by Crippen LogP contribution is 2.32. The van der Waals surface area contributed by atoms with Gasteiger partial charge in [-0.05, 0) is 41.9 Å². The number of ether oxygens (including phenoxy) is 1. The van der Waals surface area contributed by atoms with Crippen molar-refractivity contribution in [2.75, 3.05) is 16.1 Å². The van der Waals surface area contributed by atoms with E-state index in [1.54, 1.807) is 35.9 Å². The van der Waals surface area contributed by atoms with Crippen molar-refractivity contribution in [3.8, 4) is 5.75 Å². The van der Waals surface area contributed by atoms with Crippen molar-refractivity contribution in [3.05, 3.63) is 53.2 Å². The van der Waals surface area contributed by atoms with Crippen molar-refractivity contribution in [2.45, 2.75) is 15.3 Å². The van der Waals surface area contributed by atoms with E-state index in [1.807, 2.05) is 0 Å². The fraction of sp³-hybridized carbons (Fsp3) is 0.125. The summed E-state index contributed by atoms with van der Waals surface area (Å²) < 4.78 is 60.7. The van der Waals surface area contributed by atoms with E-state index in [1.165, 1.54) is 24.3 Å².